The standard InChI is InChI=1S/C16H24O4S/c1-2-16(11-18-8-6-4-3-5-7-17)12-19-14-9-21-10-15(14)20-13-16/h7,9-10H,2-6,8,11-13H2,1H3. The molecule has 0 aliphatic carbocycles. The Bertz CT molecular complexity index is 407. The van der Waals surface area contributed by atoms with E-state index in [1.165, 1.54) is 0 Å². The number of thiophene rings is 1. The van der Waals surface area contributed by atoms with Crippen LogP contribution in [0.25, 0.3) is 0 Å². The van der Waals surface area contributed by atoms with Gasteiger partial charge in [0.25, 0.3) is 0 Å². The fraction of sp³-hybridized carbons (Fsp3) is 0.688. The fourth-order valence-electron chi connectivity index (χ4n) is 2.27. The van der Waals surface area contributed by atoms with Gasteiger partial charge in [0.1, 0.15) is 6.29 Å². The molecule has 0 amide bonds. The van der Waals surface area contributed by atoms with Crippen molar-refractivity contribution < 1.29 is 19.0 Å². The van der Waals surface area contributed by atoms with Crippen molar-refractivity contribution in [2.75, 3.05) is 26.4 Å². The molecular weight excluding hydrogens is 288 g/mol. The second-order valence-electron chi connectivity index (χ2n) is 5.60. The topological polar surface area (TPSA) is 44.8 Å². The predicted octanol–water partition coefficient (Wildman–Crippen LogP) is 3.69. The van der Waals surface area contributed by atoms with Crippen molar-refractivity contribution in [2.45, 2.75) is 39.0 Å². The van der Waals surface area contributed by atoms with Crippen molar-refractivity contribution in [3.63, 3.8) is 0 Å². The Morgan fingerprint density at radius 2 is 1.95 bits per heavy atom. The van der Waals surface area contributed by atoms with Crippen LogP contribution in [-0.4, -0.2) is 32.7 Å². The summed E-state index contributed by atoms with van der Waals surface area (Å²) in [6.07, 6.45) is 5.60. The molecule has 2 rings (SSSR count). The average molecular weight is 312 g/mol. The van der Waals surface area contributed by atoms with Gasteiger partial charge in [-0.3, -0.25) is 0 Å². The minimum atomic E-state index is -0.0700. The van der Waals surface area contributed by atoms with Gasteiger partial charge in [0, 0.05) is 23.8 Å². The van der Waals surface area contributed by atoms with Crippen LogP contribution >= 0.6 is 11.3 Å². The van der Waals surface area contributed by atoms with E-state index >= 15 is 0 Å². The van der Waals surface area contributed by atoms with Crippen LogP contribution in [0.1, 0.15) is 39.0 Å². The van der Waals surface area contributed by atoms with Crippen molar-refractivity contribution in [3.8, 4) is 11.5 Å². The summed E-state index contributed by atoms with van der Waals surface area (Å²) >= 11 is 1.60. The van der Waals surface area contributed by atoms with Crippen LogP contribution in [0.2, 0.25) is 0 Å². The number of carbonyl (C=O) groups is 1. The third-order valence-electron chi connectivity index (χ3n) is 3.93. The van der Waals surface area contributed by atoms with Gasteiger partial charge in [0.05, 0.1) is 25.2 Å². The van der Waals surface area contributed by atoms with Crippen molar-refractivity contribution >= 4 is 17.6 Å². The van der Waals surface area contributed by atoms with Gasteiger partial charge in [-0.1, -0.05) is 13.3 Å². The first kappa shape index (κ1) is 16.3. The van der Waals surface area contributed by atoms with Gasteiger partial charge < -0.3 is 19.0 Å². The van der Waals surface area contributed by atoms with Crippen LogP contribution < -0.4 is 9.47 Å². The highest BCUT2D eigenvalue weighted by Gasteiger charge is 2.34. The Balaban J connectivity index is 1.72. The smallest absolute Gasteiger partial charge is 0.171 e. The number of hydrogen-bond donors (Lipinski definition) is 0. The Morgan fingerprint density at radius 1 is 1.24 bits per heavy atom. The molecule has 21 heavy (non-hydrogen) atoms. The molecule has 0 saturated carbocycles. The van der Waals surface area contributed by atoms with E-state index in [2.05, 4.69) is 6.92 Å². The molecule has 0 bridgehead atoms. The minimum absolute atomic E-state index is 0.0700. The Kier molecular flexibility index (Phi) is 6.51. The largest absolute Gasteiger partial charge is 0.488 e. The summed E-state index contributed by atoms with van der Waals surface area (Å²) in [6.45, 7) is 4.82. The number of unbranched alkanes of at least 4 members (excludes halogenated alkanes) is 3. The average Bonchev–Trinajstić information content (AvgIpc) is 2.89. The normalized spacial score (nSPS) is 16.4. The number of rotatable bonds is 9. The summed E-state index contributed by atoms with van der Waals surface area (Å²) in [5.41, 5.74) is -0.0700. The highest BCUT2D eigenvalue weighted by Crippen LogP contribution is 2.38. The zero-order valence-corrected chi connectivity index (χ0v) is 13.5. The number of carbonyl (C=O) groups excluding carboxylic acids is 1. The molecule has 1 aliphatic heterocycles. The van der Waals surface area contributed by atoms with E-state index in [-0.39, 0.29) is 5.41 Å². The highest BCUT2D eigenvalue weighted by molar-refractivity contribution is 7.08. The van der Waals surface area contributed by atoms with Crippen LogP contribution in [0.4, 0.5) is 0 Å². The van der Waals surface area contributed by atoms with E-state index in [9.17, 15) is 4.79 Å². The molecule has 0 atom stereocenters. The van der Waals surface area contributed by atoms with Crippen molar-refractivity contribution in [3.05, 3.63) is 10.8 Å². The molecule has 0 fully saturated rings. The first-order chi connectivity index (χ1) is 10.3. The van der Waals surface area contributed by atoms with Crippen molar-refractivity contribution in [1.82, 2.24) is 0 Å². The number of aldehydes is 1. The van der Waals surface area contributed by atoms with Gasteiger partial charge in [0.15, 0.2) is 11.5 Å². The monoisotopic (exact) mass is 312 g/mol. The molecule has 118 valence electrons. The molecule has 0 saturated heterocycles. The molecule has 1 aromatic heterocycles. The summed E-state index contributed by atoms with van der Waals surface area (Å²) in [4.78, 5) is 10.2. The SMILES string of the molecule is CCC1(COCCCCCC=O)COc2cscc2OC1. The maximum Gasteiger partial charge on any atom is 0.171 e. The van der Waals surface area contributed by atoms with Gasteiger partial charge in [-0.05, 0) is 19.3 Å². The highest BCUT2D eigenvalue weighted by atomic mass is 32.1. The number of hydrogen-bond acceptors (Lipinski definition) is 5. The summed E-state index contributed by atoms with van der Waals surface area (Å²) < 4.78 is 17.6. The molecule has 4 nitrogen and oxygen atoms in total. The quantitative estimate of drug-likeness (QED) is 0.515. The van der Waals surface area contributed by atoms with E-state index in [0.717, 1.165) is 50.1 Å². The van der Waals surface area contributed by atoms with E-state index in [1.54, 1.807) is 11.3 Å². The molecule has 1 aromatic rings. The van der Waals surface area contributed by atoms with E-state index < -0.39 is 0 Å². The molecule has 0 unspecified atom stereocenters. The van der Waals surface area contributed by atoms with Crippen molar-refractivity contribution in [1.29, 1.82) is 0 Å². The van der Waals surface area contributed by atoms with Crippen LogP contribution in [0.5, 0.6) is 11.5 Å². The first-order valence-corrected chi connectivity index (χ1v) is 8.57. The van der Waals surface area contributed by atoms with Crippen molar-refractivity contribution in [2.24, 2.45) is 5.41 Å². The summed E-state index contributed by atoms with van der Waals surface area (Å²) in [5, 5.41) is 3.96. The number of fused-ring (bicyclic) bond motifs is 1. The lowest BCUT2D eigenvalue weighted by Crippen LogP contribution is -2.37. The first-order valence-electron chi connectivity index (χ1n) is 7.63. The molecule has 0 radical (unpaired) electrons. The Morgan fingerprint density at radius 3 is 2.57 bits per heavy atom. The molecule has 5 heteroatoms. The Labute approximate surface area is 130 Å². The third kappa shape index (κ3) is 4.71. The third-order valence-corrected chi connectivity index (χ3v) is 4.63. The van der Waals surface area contributed by atoms with E-state index in [1.807, 2.05) is 10.8 Å². The molecule has 0 spiro atoms. The zero-order valence-electron chi connectivity index (χ0n) is 12.6. The predicted molar refractivity (Wildman–Crippen MR) is 83.4 cm³/mol. The molecule has 2 heterocycles. The summed E-state index contributed by atoms with van der Waals surface area (Å²) in [6, 6.07) is 0. The van der Waals surface area contributed by atoms with Crippen LogP contribution in [0.3, 0.4) is 0 Å². The number of ether oxygens (including phenoxy) is 3. The fourth-order valence-corrected chi connectivity index (χ4v) is 2.96. The second kappa shape index (κ2) is 8.39. The molecular formula is C16H24O4S. The van der Waals surface area contributed by atoms with Gasteiger partial charge in [-0.25, -0.2) is 0 Å². The van der Waals surface area contributed by atoms with Gasteiger partial charge in [-0.2, -0.15) is 0 Å². The maximum absolute atomic E-state index is 10.2. The van der Waals surface area contributed by atoms with E-state index in [4.69, 9.17) is 14.2 Å². The van der Waals surface area contributed by atoms with Crippen LogP contribution in [0, 0.1) is 5.41 Å². The lowest BCUT2D eigenvalue weighted by Gasteiger charge is -2.29. The van der Waals surface area contributed by atoms with E-state index in [0.29, 0.717) is 26.2 Å². The lowest BCUT2D eigenvalue weighted by atomic mass is 9.88. The molecule has 0 aromatic carbocycles. The lowest BCUT2D eigenvalue weighted by molar-refractivity contribution is -0.107. The van der Waals surface area contributed by atoms with Crippen LogP contribution in [-0.2, 0) is 9.53 Å². The van der Waals surface area contributed by atoms with Gasteiger partial charge in [-0.15, -0.1) is 11.3 Å². The van der Waals surface area contributed by atoms with Gasteiger partial charge >= 0.3 is 0 Å². The zero-order chi connectivity index (χ0) is 15.0. The molecule has 1 aliphatic rings. The van der Waals surface area contributed by atoms with Crippen LogP contribution in [0.15, 0.2) is 10.8 Å². The maximum atomic E-state index is 10.2. The summed E-state index contributed by atoms with van der Waals surface area (Å²) in [5.74, 6) is 1.70. The summed E-state index contributed by atoms with van der Waals surface area (Å²) in [7, 11) is 0. The van der Waals surface area contributed by atoms with Gasteiger partial charge in [0.2, 0.25) is 0 Å². The Hall–Kier alpha value is -1.07. The second-order valence-corrected chi connectivity index (χ2v) is 6.34. The molecule has 0 N–H and O–H groups in total. The minimum Gasteiger partial charge on any atom is -0.488 e.